The Balaban J connectivity index is 1.65. The quantitative estimate of drug-likeness (QED) is 0.517. The average Bonchev–Trinajstić information content (AvgIpc) is 2.92. The first-order chi connectivity index (χ1) is 14.8. The predicted molar refractivity (Wildman–Crippen MR) is 119 cm³/mol. The molecule has 0 radical (unpaired) electrons. The first-order valence-electron chi connectivity index (χ1n) is 10.3. The standard InChI is InChI=1S/C26H25FN2O2/c1-18-13-14-22(16-23(18)27)29-24(30)26(2,3)28(25(29)31)17-21-12-8-7-11-20(21)15-19-9-5-4-6-10-19/h4-14,16H,15,17H2,1-3H3. The molecular weight excluding hydrogens is 391 g/mol. The van der Waals surface area contributed by atoms with Crippen molar-refractivity contribution in [3.05, 3.63) is 101 Å². The Morgan fingerprint density at radius 2 is 1.52 bits per heavy atom. The second kappa shape index (κ2) is 7.99. The third kappa shape index (κ3) is 3.83. The van der Waals surface area contributed by atoms with Crippen LogP contribution in [0.2, 0.25) is 0 Å². The monoisotopic (exact) mass is 416 g/mol. The Kier molecular flexibility index (Phi) is 5.36. The number of imide groups is 1. The third-order valence-electron chi connectivity index (χ3n) is 5.92. The summed E-state index contributed by atoms with van der Waals surface area (Å²) in [5, 5.41) is 0. The third-order valence-corrected chi connectivity index (χ3v) is 5.92. The van der Waals surface area contributed by atoms with E-state index in [1.807, 2.05) is 42.5 Å². The molecule has 0 spiro atoms. The van der Waals surface area contributed by atoms with Gasteiger partial charge in [-0.3, -0.25) is 4.79 Å². The molecule has 3 aromatic rings. The summed E-state index contributed by atoms with van der Waals surface area (Å²) in [7, 11) is 0. The van der Waals surface area contributed by atoms with Gasteiger partial charge in [-0.2, -0.15) is 0 Å². The predicted octanol–water partition coefficient (Wildman–Crippen LogP) is 5.47. The van der Waals surface area contributed by atoms with Crippen LogP contribution in [0.1, 0.15) is 36.1 Å². The molecule has 31 heavy (non-hydrogen) atoms. The van der Waals surface area contributed by atoms with Gasteiger partial charge in [0.2, 0.25) is 0 Å². The molecule has 158 valence electrons. The summed E-state index contributed by atoms with van der Waals surface area (Å²) >= 11 is 0. The van der Waals surface area contributed by atoms with E-state index in [0.29, 0.717) is 12.1 Å². The fourth-order valence-corrected chi connectivity index (χ4v) is 3.92. The highest BCUT2D eigenvalue weighted by atomic mass is 19.1. The summed E-state index contributed by atoms with van der Waals surface area (Å²) in [6.07, 6.45) is 0.736. The van der Waals surface area contributed by atoms with Gasteiger partial charge in [-0.15, -0.1) is 0 Å². The number of rotatable bonds is 5. The Morgan fingerprint density at radius 3 is 2.19 bits per heavy atom. The van der Waals surface area contributed by atoms with Crippen molar-refractivity contribution < 1.29 is 14.0 Å². The van der Waals surface area contributed by atoms with Gasteiger partial charge in [0.1, 0.15) is 11.4 Å². The molecule has 3 amide bonds. The lowest BCUT2D eigenvalue weighted by molar-refractivity contribution is -0.123. The van der Waals surface area contributed by atoms with Crippen LogP contribution in [0.4, 0.5) is 14.9 Å². The maximum absolute atomic E-state index is 14.1. The van der Waals surface area contributed by atoms with E-state index < -0.39 is 17.4 Å². The highest BCUT2D eigenvalue weighted by Gasteiger charge is 2.51. The van der Waals surface area contributed by atoms with Crippen LogP contribution in [0.3, 0.4) is 0 Å². The number of urea groups is 1. The summed E-state index contributed by atoms with van der Waals surface area (Å²) in [5.41, 5.74) is 2.94. The minimum Gasteiger partial charge on any atom is -0.305 e. The van der Waals surface area contributed by atoms with Crippen molar-refractivity contribution in [3.63, 3.8) is 0 Å². The molecule has 4 nitrogen and oxygen atoms in total. The highest BCUT2D eigenvalue weighted by Crippen LogP contribution is 2.34. The Labute approximate surface area is 181 Å². The molecule has 0 bridgehead atoms. The van der Waals surface area contributed by atoms with Gasteiger partial charge in [-0.25, -0.2) is 14.1 Å². The minimum absolute atomic E-state index is 0.256. The molecule has 4 rings (SSSR count). The summed E-state index contributed by atoms with van der Waals surface area (Å²) < 4.78 is 14.1. The number of amides is 3. The lowest BCUT2D eigenvalue weighted by Gasteiger charge is -2.28. The second-order valence-electron chi connectivity index (χ2n) is 8.43. The van der Waals surface area contributed by atoms with Crippen LogP contribution < -0.4 is 4.90 Å². The van der Waals surface area contributed by atoms with Crippen molar-refractivity contribution in [2.45, 2.75) is 39.3 Å². The van der Waals surface area contributed by atoms with E-state index in [1.165, 1.54) is 11.6 Å². The molecule has 0 N–H and O–H groups in total. The summed E-state index contributed by atoms with van der Waals surface area (Å²) in [6.45, 7) is 5.41. The lowest BCUT2D eigenvalue weighted by atomic mass is 9.97. The first kappa shape index (κ1) is 20.8. The van der Waals surface area contributed by atoms with Gasteiger partial charge in [0.25, 0.3) is 5.91 Å². The maximum Gasteiger partial charge on any atom is 0.332 e. The fraction of sp³-hybridized carbons (Fsp3) is 0.231. The van der Waals surface area contributed by atoms with E-state index in [1.54, 1.807) is 37.8 Å². The summed E-state index contributed by atoms with van der Waals surface area (Å²) in [4.78, 5) is 29.1. The normalized spacial score (nSPS) is 15.6. The van der Waals surface area contributed by atoms with Gasteiger partial charge in [-0.05, 0) is 61.6 Å². The van der Waals surface area contributed by atoms with Crippen LogP contribution in [0.5, 0.6) is 0 Å². The SMILES string of the molecule is Cc1ccc(N2C(=O)N(Cc3ccccc3Cc3ccccc3)C(C)(C)C2=O)cc1F. The molecule has 5 heteroatoms. The number of halogens is 1. The number of carbonyl (C=O) groups is 2. The first-order valence-corrected chi connectivity index (χ1v) is 10.3. The number of hydrogen-bond donors (Lipinski definition) is 0. The van der Waals surface area contributed by atoms with E-state index in [0.717, 1.165) is 22.4 Å². The van der Waals surface area contributed by atoms with E-state index in [2.05, 4.69) is 12.1 Å². The number of hydrogen-bond acceptors (Lipinski definition) is 2. The van der Waals surface area contributed by atoms with Gasteiger partial charge < -0.3 is 4.90 Å². The number of benzene rings is 3. The van der Waals surface area contributed by atoms with Crippen LogP contribution in [-0.4, -0.2) is 22.4 Å². The number of nitrogens with zero attached hydrogens (tertiary/aromatic N) is 2. The molecule has 0 saturated carbocycles. The summed E-state index contributed by atoms with van der Waals surface area (Å²) in [5.74, 6) is -0.802. The fourth-order valence-electron chi connectivity index (χ4n) is 3.92. The molecular formula is C26H25FN2O2. The zero-order chi connectivity index (χ0) is 22.2. The number of aryl methyl sites for hydroxylation is 1. The highest BCUT2D eigenvalue weighted by molar-refractivity contribution is 6.22. The molecule has 3 aromatic carbocycles. The minimum atomic E-state index is -1.04. The maximum atomic E-state index is 14.1. The summed E-state index contributed by atoms with van der Waals surface area (Å²) in [6, 6.07) is 22.1. The van der Waals surface area contributed by atoms with Crippen molar-refractivity contribution in [2.24, 2.45) is 0 Å². The Bertz CT molecular complexity index is 1140. The van der Waals surface area contributed by atoms with Crippen molar-refractivity contribution in [3.8, 4) is 0 Å². The smallest absolute Gasteiger partial charge is 0.305 e. The van der Waals surface area contributed by atoms with E-state index in [-0.39, 0.29) is 11.6 Å². The number of anilines is 1. The Morgan fingerprint density at radius 1 is 0.871 bits per heavy atom. The largest absolute Gasteiger partial charge is 0.332 e. The van der Waals surface area contributed by atoms with Crippen LogP contribution in [0.15, 0.2) is 72.8 Å². The lowest BCUT2D eigenvalue weighted by Crippen LogP contribution is -2.43. The molecule has 0 atom stereocenters. The average molecular weight is 416 g/mol. The molecule has 1 aliphatic heterocycles. The van der Waals surface area contributed by atoms with Gasteiger partial charge in [0, 0.05) is 6.54 Å². The van der Waals surface area contributed by atoms with Crippen molar-refractivity contribution in [1.29, 1.82) is 0 Å². The van der Waals surface area contributed by atoms with Gasteiger partial charge in [-0.1, -0.05) is 60.7 Å². The van der Waals surface area contributed by atoms with Crippen molar-refractivity contribution in [2.75, 3.05) is 4.90 Å². The molecule has 1 saturated heterocycles. The van der Waals surface area contributed by atoms with Gasteiger partial charge >= 0.3 is 6.03 Å². The molecule has 1 heterocycles. The van der Waals surface area contributed by atoms with Crippen LogP contribution >= 0.6 is 0 Å². The Hall–Kier alpha value is -3.47. The van der Waals surface area contributed by atoms with Crippen LogP contribution in [0, 0.1) is 12.7 Å². The topological polar surface area (TPSA) is 40.6 Å². The molecule has 0 aromatic heterocycles. The van der Waals surface area contributed by atoms with Crippen LogP contribution in [-0.2, 0) is 17.8 Å². The van der Waals surface area contributed by atoms with E-state index in [9.17, 15) is 14.0 Å². The van der Waals surface area contributed by atoms with E-state index >= 15 is 0 Å². The van der Waals surface area contributed by atoms with Gasteiger partial charge in [0.15, 0.2) is 0 Å². The van der Waals surface area contributed by atoms with E-state index in [4.69, 9.17) is 0 Å². The molecule has 1 fully saturated rings. The van der Waals surface area contributed by atoms with Crippen LogP contribution in [0.25, 0.3) is 0 Å². The molecule has 0 unspecified atom stereocenters. The number of carbonyl (C=O) groups excluding carboxylic acids is 2. The van der Waals surface area contributed by atoms with Gasteiger partial charge in [0.05, 0.1) is 5.69 Å². The zero-order valence-electron chi connectivity index (χ0n) is 17.9. The van der Waals surface area contributed by atoms with Crippen molar-refractivity contribution >= 4 is 17.6 Å². The second-order valence-corrected chi connectivity index (χ2v) is 8.43. The zero-order valence-corrected chi connectivity index (χ0v) is 17.9. The van der Waals surface area contributed by atoms with Crippen molar-refractivity contribution in [1.82, 2.24) is 4.90 Å². The molecule has 1 aliphatic rings. The molecule has 0 aliphatic carbocycles.